The van der Waals surface area contributed by atoms with Gasteiger partial charge in [0.05, 0.1) is 17.3 Å². The molecule has 1 fully saturated rings. The molecule has 0 saturated carbocycles. The Balaban J connectivity index is 1.80. The Morgan fingerprint density at radius 1 is 1.16 bits per heavy atom. The summed E-state index contributed by atoms with van der Waals surface area (Å²) in [6.45, 7) is 3.26. The minimum atomic E-state index is -4.14. The third kappa shape index (κ3) is 3.83. The van der Waals surface area contributed by atoms with E-state index in [2.05, 4.69) is 20.0 Å². The zero-order valence-corrected chi connectivity index (χ0v) is 13.9. The van der Waals surface area contributed by atoms with Crippen molar-refractivity contribution >= 4 is 27.3 Å². The topological polar surface area (TPSA) is 130 Å². The predicted molar refractivity (Wildman–Crippen MR) is 91.0 cm³/mol. The molecule has 0 aliphatic carbocycles. The highest BCUT2D eigenvalue weighted by atomic mass is 32.2. The number of sulfonamides is 1. The summed E-state index contributed by atoms with van der Waals surface area (Å²) in [7, 11) is -4.14. The van der Waals surface area contributed by atoms with Crippen molar-refractivity contribution in [2.24, 2.45) is 0 Å². The van der Waals surface area contributed by atoms with E-state index in [1.165, 1.54) is 30.6 Å². The Hall–Kier alpha value is -2.79. The summed E-state index contributed by atoms with van der Waals surface area (Å²) in [6.07, 6.45) is 2.77. The molecule has 2 aromatic rings. The van der Waals surface area contributed by atoms with Crippen molar-refractivity contribution < 1.29 is 13.3 Å². The van der Waals surface area contributed by atoms with E-state index in [1.54, 1.807) is 0 Å². The molecule has 11 heteroatoms. The minimum Gasteiger partial charge on any atom is -0.353 e. The molecule has 0 bridgehead atoms. The Labute approximate surface area is 144 Å². The summed E-state index contributed by atoms with van der Waals surface area (Å²) >= 11 is 0. The fraction of sp³-hybridized carbons (Fsp3) is 0.286. The zero-order valence-electron chi connectivity index (χ0n) is 13.1. The number of para-hydroxylation sites is 1. The highest BCUT2D eigenvalue weighted by Crippen LogP contribution is 2.24. The van der Waals surface area contributed by atoms with Crippen LogP contribution in [0.4, 0.5) is 17.3 Å². The van der Waals surface area contributed by atoms with Gasteiger partial charge >= 0.3 is 0 Å². The molecule has 1 aliphatic heterocycles. The molecule has 2 N–H and O–H groups in total. The van der Waals surface area contributed by atoms with Gasteiger partial charge in [-0.1, -0.05) is 12.1 Å². The molecule has 1 aromatic carbocycles. The van der Waals surface area contributed by atoms with E-state index >= 15 is 0 Å². The van der Waals surface area contributed by atoms with Crippen molar-refractivity contribution in [3.63, 3.8) is 0 Å². The Morgan fingerprint density at radius 3 is 2.52 bits per heavy atom. The third-order valence-electron chi connectivity index (χ3n) is 3.67. The second kappa shape index (κ2) is 6.99. The van der Waals surface area contributed by atoms with Crippen molar-refractivity contribution in [3.8, 4) is 0 Å². The fourth-order valence-corrected chi connectivity index (χ4v) is 3.63. The lowest BCUT2D eigenvalue weighted by molar-refractivity contribution is -0.387. The van der Waals surface area contributed by atoms with Crippen molar-refractivity contribution in [1.82, 2.24) is 15.3 Å². The number of aromatic nitrogens is 2. The lowest BCUT2D eigenvalue weighted by Gasteiger charge is -2.28. The summed E-state index contributed by atoms with van der Waals surface area (Å²) in [4.78, 5) is 20.1. The van der Waals surface area contributed by atoms with E-state index in [0.717, 1.165) is 32.2 Å². The van der Waals surface area contributed by atoms with Crippen LogP contribution < -0.4 is 14.9 Å². The van der Waals surface area contributed by atoms with E-state index in [0.29, 0.717) is 5.82 Å². The molecular weight excluding hydrogens is 348 g/mol. The molecule has 132 valence electrons. The molecule has 0 radical (unpaired) electrons. The average Bonchev–Trinajstić information content (AvgIpc) is 2.63. The van der Waals surface area contributed by atoms with Crippen molar-refractivity contribution in [1.29, 1.82) is 0 Å². The first-order valence-electron chi connectivity index (χ1n) is 7.51. The maximum absolute atomic E-state index is 12.4. The van der Waals surface area contributed by atoms with E-state index in [9.17, 15) is 18.5 Å². The molecule has 1 aromatic heterocycles. The number of nitro benzene ring substituents is 1. The number of hydrogen-bond acceptors (Lipinski definition) is 8. The number of nitro groups is 1. The number of nitrogens with one attached hydrogen (secondary N) is 2. The molecule has 0 atom stereocenters. The molecule has 3 rings (SSSR count). The maximum Gasteiger partial charge on any atom is 0.289 e. The summed E-state index contributed by atoms with van der Waals surface area (Å²) in [5.74, 6) is 0.646. The normalized spacial score (nSPS) is 15.0. The van der Waals surface area contributed by atoms with E-state index in [1.807, 2.05) is 4.90 Å². The monoisotopic (exact) mass is 364 g/mol. The molecule has 25 heavy (non-hydrogen) atoms. The second-order valence-corrected chi connectivity index (χ2v) is 6.98. The first-order valence-corrected chi connectivity index (χ1v) is 8.99. The quantitative estimate of drug-likeness (QED) is 0.582. The average molecular weight is 364 g/mol. The lowest BCUT2D eigenvalue weighted by atomic mass is 10.3. The van der Waals surface area contributed by atoms with Gasteiger partial charge in [-0.3, -0.25) is 14.8 Å². The molecule has 0 unspecified atom stereocenters. The SMILES string of the molecule is O=[N+]([O-])c1ccccc1S(=O)(=O)Nc1cnc(N2CCNCC2)cn1. The third-order valence-corrected chi connectivity index (χ3v) is 5.07. The number of rotatable bonds is 5. The van der Waals surface area contributed by atoms with Gasteiger partial charge in [0.25, 0.3) is 15.7 Å². The van der Waals surface area contributed by atoms with Crippen LogP contribution in [0, 0.1) is 10.1 Å². The van der Waals surface area contributed by atoms with E-state index in [-0.39, 0.29) is 5.82 Å². The van der Waals surface area contributed by atoms with Gasteiger partial charge in [-0.25, -0.2) is 18.4 Å². The maximum atomic E-state index is 12.4. The highest BCUT2D eigenvalue weighted by Gasteiger charge is 2.25. The number of anilines is 2. The van der Waals surface area contributed by atoms with E-state index in [4.69, 9.17) is 0 Å². The summed E-state index contributed by atoms with van der Waals surface area (Å²) in [6, 6.07) is 5.12. The molecule has 1 saturated heterocycles. The summed E-state index contributed by atoms with van der Waals surface area (Å²) in [5.41, 5.74) is -0.500. The van der Waals surface area contributed by atoms with Crippen molar-refractivity contribution in [2.45, 2.75) is 4.90 Å². The van der Waals surface area contributed by atoms with Gasteiger partial charge in [-0.15, -0.1) is 0 Å². The number of piperazine rings is 1. The van der Waals surface area contributed by atoms with Crippen molar-refractivity contribution in [2.75, 3.05) is 35.8 Å². The van der Waals surface area contributed by atoms with Crippen LogP contribution in [0.3, 0.4) is 0 Å². The predicted octanol–water partition coefficient (Wildman–Crippen LogP) is 0.595. The largest absolute Gasteiger partial charge is 0.353 e. The number of hydrogen-bond donors (Lipinski definition) is 2. The van der Waals surface area contributed by atoms with Crippen LogP contribution in [0.1, 0.15) is 0 Å². The van der Waals surface area contributed by atoms with Crippen LogP contribution in [-0.4, -0.2) is 49.5 Å². The van der Waals surface area contributed by atoms with Gasteiger partial charge in [-0.05, 0) is 6.07 Å². The van der Waals surface area contributed by atoms with Crippen LogP contribution in [-0.2, 0) is 10.0 Å². The number of nitrogens with zero attached hydrogens (tertiary/aromatic N) is 4. The molecule has 0 amide bonds. The summed E-state index contributed by atoms with van der Waals surface area (Å²) < 4.78 is 27.0. The standard InChI is InChI=1S/C14H16N6O4S/c21-20(22)11-3-1-2-4-12(11)25(23,24)18-13-9-17-14(10-16-13)19-7-5-15-6-8-19/h1-4,9-10,15H,5-8H2,(H,16,18). The van der Waals surface area contributed by atoms with Crippen LogP contribution in [0.2, 0.25) is 0 Å². The minimum absolute atomic E-state index is 0.00274. The van der Waals surface area contributed by atoms with Gasteiger partial charge in [0, 0.05) is 32.2 Å². The first kappa shape index (κ1) is 17.0. The fourth-order valence-electron chi connectivity index (χ4n) is 2.46. The van der Waals surface area contributed by atoms with Crippen molar-refractivity contribution in [3.05, 3.63) is 46.8 Å². The second-order valence-electron chi connectivity index (χ2n) is 5.33. The molecule has 2 heterocycles. The van der Waals surface area contributed by atoms with Gasteiger partial charge in [0.2, 0.25) is 0 Å². The lowest BCUT2D eigenvalue weighted by Crippen LogP contribution is -2.43. The van der Waals surface area contributed by atoms with Crippen LogP contribution >= 0.6 is 0 Å². The molecular formula is C14H16N6O4S. The van der Waals surface area contributed by atoms with Crippen LogP contribution in [0.15, 0.2) is 41.6 Å². The van der Waals surface area contributed by atoms with Gasteiger partial charge in [0.15, 0.2) is 10.7 Å². The number of benzene rings is 1. The smallest absolute Gasteiger partial charge is 0.289 e. The Kier molecular flexibility index (Phi) is 4.76. The molecule has 10 nitrogen and oxygen atoms in total. The van der Waals surface area contributed by atoms with E-state index < -0.39 is 25.5 Å². The zero-order chi connectivity index (χ0) is 17.9. The van der Waals surface area contributed by atoms with Gasteiger partial charge in [0.1, 0.15) is 5.82 Å². The van der Waals surface area contributed by atoms with Gasteiger partial charge < -0.3 is 10.2 Å². The van der Waals surface area contributed by atoms with Crippen LogP contribution in [0.25, 0.3) is 0 Å². The van der Waals surface area contributed by atoms with Crippen LogP contribution in [0.5, 0.6) is 0 Å². The Morgan fingerprint density at radius 2 is 1.88 bits per heavy atom. The summed E-state index contributed by atoms with van der Waals surface area (Å²) in [5, 5.41) is 14.2. The Bertz CT molecular complexity index is 865. The molecule has 1 aliphatic rings. The molecule has 0 spiro atoms. The van der Waals surface area contributed by atoms with Gasteiger partial charge in [-0.2, -0.15) is 0 Å². The first-order chi connectivity index (χ1) is 12.0. The highest BCUT2D eigenvalue weighted by molar-refractivity contribution is 7.92.